The van der Waals surface area contributed by atoms with E-state index in [1.165, 1.54) is 12.1 Å². The van der Waals surface area contributed by atoms with Crippen LogP contribution in [0.1, 0.15) is 30.0 Å². The number of benzene rings is 2. The SMILES string of the molecule is CCC1=NN=C(c2ccc([N+](=O)[O-])cc2)c2cc3c(cc2C1)OCO3. The molecule has 0 saturated heterocycles. The van der Waals surface area contributed by atoms with E-state index in [0.29, 0.717) is 17.9 Å². The Labute approximate surface area is 143 Å². The lowest BCUT2D eigenvalue weighted by molar-refractivity contribution is -0.384. The molecule has 4 rings (SSSR count). The maximum Gasteiger partial charge on any atom is 0.269 e. The second-order valence-electron chi connectivity index (χ2n) is 5.81. The normalized spacial score (nSPS) is 15.1. The highest BCUT2D eigenvalue weighted by atomic mass is 16.7. The maximum absolute atomic E-state index is 10.9. The first-order valence-corrected chi connectivity index (χ1v) is 7.97. The van der Waals surface area contributed by atoms with E-state index >= 15 is 0 Å². The summed E-state index contributed by atoms with van der Waals surface area (Å²) >= 11 is 0. The number of rotatable bonds is 3. The predicted molar refractivity (Wildman–Crippen MR) is 92.7 cm³/mol. The third-order valence-electron chi connectivity index (χ3n) is 4.30. The molecular weight excluding hydrogens is 322 g/mol. The van der Waals surface area contributed by atoms with Crippen LogP contribution < -0.4 is 9.47 Å². The Bertz CT molecular complexity index is 917. The van der Waals surface area contributed by atoms with Gasteiger partial charge in [-0.05, 0) is 36.2 Å². The van der Waals surface area contributed by atoms with Crippen molar-refractivity contribution in [3.05, 3.63) is 63.2 Å². The van der Waals surface area contributed by atoms with Gasteiger partial charge in [-0.2, -0.15) is 5.10 Å². The topological polar surface area (TPSA) is 86.3 Å². The van der Waals surface area contributed by atoms with Crippen molar-refractivity contribution in [2.24, 2.45) is 10.2 Å². The number of nitrogens with zero attached hydrogens (tertiary/aromatic N) is 3. The number of fused-ring (bicyclic) bond motifs is 2. The molecule has 0 atom stereocenters. The average Bonchev–Trinajstić information content (AvgIpc) is 3.00. The Kier molecular flexibility index (Phi) is 3.68. The van der Waals surface area contributed by atoms with E-state index in [0.717, 1.165) is 34.6 Å². The van der Waals surface area contributed by atoms with Crippen LogP contribution in [0.15, 0.2) is 46.6 Å². The zero-order chi connectivity index (χ0) is 17.4. The molecule has 0 spiro atoms. The maximum atomic E-state index is 10.9. The van der Waals surface area contributed by atoms with Gasteiger partial charge in [-0.1, -0.05) is 6.92 Å². The van der Waals surface area contributed by atoms with Gasteiger partial charge in [0.05, 0.1) is 4.92 Å². The fourth-order valence-corrected chi connectivity index (χ4v) is 2.93. The highest BCUT2D eigenvalue weighted by Crippen LogP contribution is 2.37. The molecule has 0 unspecified atom stereocenters. The molecule has 2 aromatic carbocycles. The van der Waals surface area contributed by atoms with Crippen molar-refractivity contribution in [2.45, 2.75) is 19.8 Å². The minimum absolute atomic E-state index is 0.0432. The molecule has 0 N–H and O–H groups in total. The molecule has 7 heteroatoms. The Morgan fingerprint density at radius 2 is 1.84 bits per heavy atom. The fraction of sp³-hybridized carbons (Fsp3) is 0.222. The van der Waals surface area contributed by atoms with Crippen molar-refractivity contribution in [3.63, 3.8) is 0 Å². The van der Waals surface area contributed by atoms with E-state index in [1.54, 1.807) is 12.1 Å². The lowest BCUT2D eigenvalue weighted by atomic mass is 9.94. The predicted octanol–water partition coefficient (Wildman–Crippen LogP) is 3.48. The molecule has 0 saturated carbocycles. The zero-order valence-corrected chi connectivity index (χ0v) is 13.6. The summed E-state index contributed by atoms with van der Waals surface area (Å²) in [7, 11) is 0. The summed E-state index contributed by atoms with van der Waals surface area (Å²) in [5.74, 6) is 1.40. The summed E-state index contributed by atoms with van der Waals surface area (Å²) < 4.78 is 11.0. The number of non-ortho nitro benzene ring substituents is 1. The molecule has 0 fully saturated rings. The van der Waals surface area contributed by atoms with Crippen LogP contribution in [0.2, 0.25) is 0 Å². The van der Waals surface area contributed by atoms with Gasteiger partial charge in [0.2, 0.25) is 6.79 Å². The number of hydrogen-bond donors (Lipinski definition) is 0. The van der Waals surface area contributed by atoms with Gasteiger partial charge in [0, 0.05) is 35.4 Å². The summed E-state index contributed by atoms with van der Waals surface area (Å²) in [6, 6.07) is 10.2. The molecular formula is C18H15N3O4. The molecule has 25 heavy (non-hydrogen) atoms. The van der Waals surface area contributed by atoms with Crippen LogP contribution in [0.4, 0.5) is 5.69 Å². The van der Waals surface area contributed by atoms with Crippen molar-refractivity contribution < 1.29 is 14.4 Å². The van der Waals surface area contributed by atoms with E-state index in [9.17, 15) is 10.1 Å². The Hall–Kier alpha value is -3.22. The van der Waals surface area contributed by atoms with Crippen LogP contribution in [0.5, 0.6) is 11.5 Å². The first-order valence-electron chi connectivity index (χ1n) is 7.97. The monoisotopic (exact) mass is 337 g/mol. The van der Waals surface area contributed by atoms with E-state index in [2.05, 4.69) is 10.2 Å². The van der Waals surface area contributed by atoms with Gasteiger partial charge in [-0.3, -0.25) is 10.1 Å². The van der Waals surface area contributed by atoms with Crippen LogP contribution in [-0.2, 0) is 6.42 Å². The van der Waals surface area contributed by atoms with Crippen LogP contribution >= 0.6 is 0 Å². The minimum atomic E-state index is -0.419. The molecule has 0 amide bonds. The second-order valence-corrected chi connectivity index (χ2v) is 5.81. The molecule has 2 heterocycles. The molecule has 2 aromatic rings. The molecule has 126 valence electrons. The first kappa shape index (κ1) is 15.3. The minimum Gasteiger partial charge on any atom is -0.454 e. The summed E-state index contributed by atoms with van der Waals surface area (Å²) in [4.78, 5) is 10.5. The van der Waals surface area contributed by atoms with Crippen LogP contribution in [0, 0.1) is 10.1 Å². The second kappa shape index (κ2) is 6.01. The van der Waals surface area contributed by atoms with Gasteiger partial charge < -0.3 is 9.47 Å². The summed E-state index contributed by atoms with van der Waals surface area (Å²) in [6.45, 7) is 2.24. The quantitative estimate of drug-likeness (QED) is 0.634. The van der Waals surface area contributed by atoms with Gasteiger partial charge in [0.25, 0.3) is 5.69 Å². The van der Waals surface area contributed by atoms with Crippen LogP contribution in [0.25, 0.3) is 0 Å². The Morgan fingerprint density at radius 3 is 2.52 bits per heavy atom. The highest BCUT2D eigenvalue weighted by molar-refractivity contribution is 6.15. The number of ether oxygens (including phenoxy) is 2. The summed E-state index contributed by atoms with van der Waals surface area (Å²) in [6.07, 6.45) is 1.48. The van der Waals surface area contributed by atoms with Gasteiger partial charge in [-0.15, -0.1) is 5.10 Å². The Balaban J connectivity index is 1.85. The summed E-state index contributed by atoms with van der Waals surface area (Å²) in [5.41, 5.74) is 4.42. The third kappa shape index (κ3) is 2.73. The molecule has 2 aliphatic heterocycles. The number of hydrogen-bond acceptors (Lipinski definition) is 6. The number of nitro groups is 1. The lowest BCUT2D eigenvalue weighted by Crippen LogP contribution is -2.07. The number of nitro benzene ring substituents is 1. The van der Waals surface area contributed by atoms with E-state index in [1.807, 2.05) is 19.1 Å². The van der Waals surface area contributed by atoms with Gasteiger partial charge in [0.15, 0.2) is 11.5 Å². The molecule has 0 aliphatic carbocycles. The molecule has 7 nitrogen and oxygen atoms in total. The van der Waals surface area contributed by atoms with E-state index in [4.69, 9.17) is 9.47 Å². The van der Waals surface area contributed by atoms with Crippen molar-refractivity contribution in [1.29, 1.82) is 0 Å². The van der Waals surface area contributed by atoms with Crippen LogP contribution in [0.3, 0.4) is 0 Å². The van der Waals surface area contributed by atoms with Crippen molar-refractivity contribution in [3.8, 4) is 11.5 Å². The first-order chi connectivity index (χ1) is 12.2. The smallest absolute Gasteiger partial charge is 0.269 e. The van der Waals surface area contributed by atoms with Gasteiger partial charge in [0.1, 0.15) is 5.71 Å². The van der Waals surface area contributed by atoms with Crippen molar-refractivity contribution in [1.82, 2.24) is 0 Å². The molecule has 0 aromatic heterocycles. The zero-order valence-electron chi connectivity index (χ0n) is 13.6. The average molecular weight is 337 g/mol. The Morgan fingerprint density at radius 1 is 1.12 bits per heavy atom. The van der Waals surface area contributed by atoms with Crippen molar-refractivity contribution in [2.75, 3.05) is 6.79 Å². The molecule has 0 radical (unpaired) electrons. The fourth-order valence-electron chi connectivity index (χ4n) is 2.93. The standard InChI is InChI=1S/C18H15N3O4/c1-2-13-7-12-8-16-17(25-10-24-16)9-15(12)18(20-19-13)11-3-5-14(6-4-11)21(22)23/h3-6,8-9H,2,7,10H2,1H3. The third-order valence-corrected chi connectivity index (χ3v) is 4.30. The van der Waals surface area contributed by atoms with Crippen molar-refractivity contribution >= 4 is 17.1 Å². The molecule has 2 aliphatic rings. The molecule has 0 bridgehead atoms. The van der Waals surface area contributed by atoms with Gasteiger partial charge >= 0.3 is 0 Å². The van der Waals surface area contributed by atoms with E-state index < -0.39 is 4.92 Å². The lowest BCUT2D eigenvalue weighted by Gasteiger charge is -2.11. The van der Waals surface area contributed by atoms with E-state index in [-0.39, 0.29) is 12.5 Å². The van der Waals surface area contributed by atoms with Crippen LogP contribution in [-0.4, -0.2) is 23.1 Å². The van der Waals surface area contributed by atoms with Gasteiger partial charge in [-0.25, -0.2) is 0 Å². The highest BCUT2D eigenvalue weighted by Gasteiger charge is 2.23. The summed E-state index contributed by atoms with van der Waals surface area (Å²) in [5, 5.41) is 19.7. The largest absolute Gasteiger partial charge is 0.454 e.